The normalized spacial score (nSPS) is 12.4. The number of benzene rings is 1. The summed E-state index contributed by atoms with van der Waals surface area (Å²) in [6.45, 7) is 7.87. The van der Waals surface area contributed by atoms with Gasteiger partial charge >= 0.3 is 0 Å². The van der Waals surface area contributed by atoms with Gasteiger partial charge in [0.25, 0.3) is 0 Å². The van der Waals surface area contributed by atoms with Crippen molar-refractivity contribution in [2.24, 2.45) is 11.1 Å². The molecule has 0 spiro atoms. The molecule has 0 saturated carbocycles. The van der Waals surface area contributed by atoms with Gasteiger partial charge in [0.1, 0.15) is 0 Å². The summed E-state index contributed by atoms with van der Waals surface area (Å²) in [5.74, 6) is -0.201. The molecule has 0 fully saturated rings. The monoisotopic (exact) mass is 339 g/mol. The van der Waals surface area contributed by atoms with Crippen molar-refractivity contribution in [2.75, 3.05) is 5.32 Å². The third kappa shape index (κ3) is 4.29. The average Bonchev–Trinajstić information content (AvgIpc) is 2.85. The van der Waals surface area contributed by atoms with Crippen molar-refractivity contribution >= 4 is 34.8 Å². The summed E-state index contributed by atoms with van der Waals surface area (Å²) in [6, 6.07) is 7.48. The minimum Gasteiger partial charge on any atom is -0.319 e. The van der Waals surface area contributed by atoms with Gasteiger partial charge in [-0.3, -0.25) is 4.79 Å². The smallest absolute Gasteiger partial charge is 0.243 e. The average molecular weight is 340 g/mol. The van der Waals surface area contributed by atoms with Gasteiger partial charge < -0.3 is 11.1 Å². The molecule has 1 aromatic carbocycles. The number of anilines is 1. The standard InChI is InChI=1S/C16H21N3OS.ClH/c1-10-7-5-6-8-11(10)12-9-21-15(18-12)19-14(20)13(17)16(2,3)4;/h5-9,13H,17H2,1-4H3,(H,18,19,20);1H/t13-;/m1./s1. The van der Waals surface area contributed by atoms with Gasteiger partial charge in [0, 0.05) is 10.9 Å². The second kappa shape index (κ2) is 7.22. The molecule has 2 rings (SSSR count). The highest BCUT2D eigenvalue weighted by molar-refractivity contribution is 7.14. The molecule has 120 valence electrons. The minimum atomic E-state index is -0.566. The first-order valence-electron chi connectivity index (χ1n) is 6.87. The number of hydrogen-bond donors (Lipinski definition) is 2. The molecule has 1 amide bonds. The fourth-order valence-corrected chi connectivity index (χ4v) is 2.61. The maximum absolute atomic E-state index is 12.1. The fraction of sp³-hybridized carbons (Fsp3) is 0.375. The van der Waals surface area contributed by atoms with E-state index >= 15 is 0 Å². The number of hydrogen-bond acceptors (Lipinski definition) is 4. The lowest BCUT2D eigenvalue weighted by molar-refractivity contribution is -0.119. The van der Waals surface area contributed by atoms with E-state index in [1.54, 1.807) is 0 Å². The van der Waals surface area contributed by atoms with Crippen molar-refractivity contribution in [1.29, 1.82) is 0 Å². The van der Waals surface area contributed by atoms with E-state index in [1.165, 1.54) is 11.3 Å². The number of nitrogens with one attached hydrogen (secondary N) is 1. The molecule has 3 N–H and O–H groups in total. The molecule has 1 heterocycles. The Hall–Kier alpha value is -1.43. The third-order valence-corrected chi connectivity index (χ3v) is 4.13. The van der Waals surface area contributed by atoms with Crippen molar-refractivity contribution in [3.8, 4) is 11.3 Å². The predicted molar refractivity (Wildman–Crippen MR) is 95.6 cm³/mol. The molecule has 0 aliphatic rings. The van der Waals surface area contributed by atoms with Crippen LogP contribution in [0.15, 0.2) is 29.6 Å². The number of thiazole rings is 1. The maximum atomic E-state index is 12.1. The van der Waals surface area contributed by atoms with Crippen LogP contribution in [0.5, 0.6) is 0 Å². The Balaban J connectivity index is 0.00000242. The Morgan fingerprint density at radius 1 is 1.32 bits per heavy atom. The lowest BCUT2D eigenvalue weighted by Crippen LogP contribution is -2.45. The molecule has 0 saturated heterocycles. The highest BCUT2D eigenvalue weighted by atomic mass is 35.5. The predicted octanol–water partition coefficient (Wildman–Crippen LogP) is 3.85. The minimum absolute atomic E-state index is 0. The molecule has 1 atom stereocenters. The first-order chi connectivity index (χ1) is 9.79. The number of carbonyl (C=O) groups excluding carboxylic acids is 1. The molecule has 22 heavy (non-hydrogen) atoms. The number of nitrogens with two attached hydrogens (primary N) is 1. The van der Waals surface area contributed by atoms with Crippen LogP contribution >= 0.6 is 23.7 Å². The van der Waals surface area contributed by atoms with Crippen LogP contribution in [0.1, 0.15) is 26.3 Å². The molecule has 0 bridgehead atoms. The van der Waals surface area contributed by atoms with Crippen LogP contribution < -0.4 is 11.1 Å². The van der Waals surface area contributed by atoms with Crippen molar-refractivity contribution in [2.45, 2.75) is 33.7 Å². The third-order valence-electron chi connectivity index (χ3n) is 3.37. The number of nitrogens with zero attached hydrogens (tertiary/aromatic N) is 1. The van der Waals surface area contributed by atoms with E-state index in [0.717, 1.165) is 16.8 Å². The molecule has 2 aromatic rings. The second-order valence-corrected chi connectivity index (χ2v) is 7.04. The second-order valence-electron chi connectivity index (χ2n) is 6.19. The summed E-state index contributed by atoms with van der Waals surface area (Å²) in [5, 5.41) is 5.33. The summed E-state index contributed by atoms with van der Waals surface area (Å²) in [7, 11) is 0. The molecule has 0 aliphatic carbocycles. The zero-order valence-electron chi connectivity index (χ0n) is 13.2. The van der Waals surface area contributed by atoms with E-state index < -0.39 is 6.04 Å². The number of rotatable bonds is 3. The fourth-order valence-electron chi connectivity index (χ4n) is 1.89. The Morgan fingerprint density at radius 3 is 2.55 bits per heavy atom. The summed E-state index contributed by atoms with van der Waals surface area (Å²) >= 11 is 1.41. The molecular weight excluding hydrogens is 318 g/mol. The van der Waals surface area contributed by atoms with Gasteiger partial charge in [-0.25, -0.2) is 4.98 Å². The van der Waals surface area contributed by atoms with Crippen molar-refractivity contribution in [3.05, 3.63) is 35.2 Å². The summed E-state index contributed by atoms with van der Waals surface area (Å²) in [4.78, 5) is 16.6. The van der Waals surface area contributed by atoms with Gasteiger partial charge in [0.2, 0.25) is 5.91 Å². The molecule has 0 aliphatic heterocycles. The molecule has 4 nitrogen and oxygen atoms in total. The molecule has 6 heteroatoms. The quantitative estimate of drug-likeness (QED) is 0.892. The van der Waals surface area contributed by atoms with Crippen LogP contribution in [-0.2, 0) is 4.79 Å². The number of amides is 1. The SMILES string of the molecule is Cc1ccccc1-c1csc(NC(=O)[C@@H](N)C(C)(C)C)n1.Cl. The number of aromatic nitrogens is 1. The summed E-state index contributed by atoms with van der Waals surface area (Å²) in [6.07, 6.45) is 0. The maximum Gasteiger partial charge on any atom is 0.243 e. The van der Waals surface area contributed by atoms with Crippen LogP contribution in [0.25, 0.3) is 11.3 Å². The lowest BCUT2D eigenvalue weighted by Gasteiger charge is -2.25. The Kier molecular flexibility index (Phi) is 6.11. The molecule has 1 aromatic heterocycles. The van der Waals surface area contributed by atoms with E-state index in [9.17, 15) is 4.79 Å². The molecular formula is C16H22ClN3OS. The highest BCUT2D eigenvalue weighted by Crippen LogP contribution is 2.27. The summed E-state index contributed by atoms with van der Waals surface area (Å²) < 4.78 is 0. The van der Waals surface area contributed by atoms with E-state index in [4.69, 9.17) is 5.73 Å². The Labute approximate surface area is 141 Å². The molecule has 0 radical (unpaired) electrons. The van der Waals surface area contributed by atoms with E-state index in [-0.39, 0.29) is 23.7 Å². The number of halogens is 1. The zero-order chi connectivity index (χ0) is 15.6. The van der Waals surface area contributed by atoms with Gasteiger partial charge in [-0.1, -0.05) is 45.0 Å². The van der Waals surface area contributed by atoms with Gasteiger partial charge in [-0.15, -0.1) is 23.7 Å². The van der Waals surface area contributed by atoms with Gasteiger partial charge in [0.15, 0.2) is 5.13 Å². The number of aryl methyl sites for hydroxylation is 1. The van der Waals surface area contributed by atoms with E-state index in [2.05, 4.69) is 10.3 Å². The van der Waals surface area contributed by atoms with Crippen molar-refractivity contribution in [3.63, 3.8) is 0 Å². The van der Waals surface area contributed by atoms with Crippen LogP contribution in [0.3, 0.4) is 0 Å². The van der Waals surface area contributed by atoms with Crippen LogP contribution in [0.4, 0.5) is 5.13 Å². The van der Waals surface area contributed by atoms with Crippen LogP contribution in [0.2, 0.25) is 0 Å². The zero-order valence-corrected chi connectivity index (χ0v) is 14.8. The van der Waals surface area contributed by atoms with Gasteiger partial charge in [-0.2, -0.15) is 0 Å². The first kappa shape index (κ1) is 18.6. The molecule has 0 unspecified atom stereocenters. The Morgan fingerprint density at radius 2 is 1.95 bits per heavy atom. The highest BCUT2D eigenvalue weighted by Gasteiger charge is 2.28. The first-order valence-corrected chi connectivity index (χ1v) is 7.75. The number of carbonyl (C=O) groups is 1. The Bertz CT molecular complexity index is 649. The topological polar surface area (TPSA) is 68.0 Å². The lowest BCUT2D eigenvalue weighted by atomic mass is 9.87. The van der Waals surface area contributed by atoms with E-state index in [0.29, 0.717) is 5.13 Å². The van der Waals surface area contributed by atoms with Crippen LogP contribution in [0, 0.1) is 12.3 Å². The van der Waals surface area contributed by atoms with Crippen LogP contribution in [-0.4, -0.2) is 16.9 Å². The largest absolute Gasteiger partial charge is 0.319 e. The van der Waals surface area contributed by atoms with Gasteiger partial charge in [-0.05, 0) is 17.9 Å². The van der Waals surface area contributed by atoms with Gasteiger partial charge in [0.05, 0.1) is 11.7 Å². The van der Waals surface area contributed by atoms with E-state index in [1.807, 2.05) is 57.3 Å². The summed E-state index contributed by atoms with van der Waals surface area (Å²) in [5.41, 5.74) is 8.78. The van der Waals surface area contributed by atoms with Crippen molar-refractivity contribution in [1.82, 2.24) is 4.98 Å². The van der Waals surface area contributed by atoms with Crippen molar-refractivity contribution < 1.29 is 4.79 Å².